The van der Waals surface area contributed by atoms with Gasteiger partial charge in [0.2, 0.25) is 5.91 Å². The summed E-state index contributed by atoms with van der Waals surface area (Å²) in [4.78, 5) is 33.9. The fourth-order valence-corrected chi connectivity index (χ4v) is 5.69. The third kappa shape index (κ3) is 4.16. The topological polar surface area (TPSA) is 74.8 Å². The lowest BCUT2D eigenvalue weighted by molar-refractivity contribution is -0.118. The molecule has 28 heavy (non-hydrogen) atoms. The van der Waals surface area contributed by atoms with Crippen molar-refractivity contribution in [3.05, 3.63) is 60.7 Å². The molecule has 0 aliphatic heterocycles. The van der Waals surface area contributed by atoms with Crippen LogP contribution in [0.2, 0.25) is 0 Å². The minimum Gasteiger partial charge on any atom is -0.351 e. The zero-order valence-electron chi connectivity index (χ0n) is 14.8. The number of carbonyl (C=O) groups excluding carboxylic acids is 1. The summed E-state index contributed by atoms with van der Waals surface area (Å²) in [6, 6.07) is 4.62. The number of carbonyl (C=O) groups is 1. The molecule has 146 valence electrons. The molecule has 2 aromatic heterocycles. The Bertz CT molecular complexity index is 1110. The van der Waals surface area contributed by atoms with Crippen molar-refractivity contribution < 1.29 is 9.18 Å². The molecule has 0 unspecified atom stereocenters. The first-order valence-corrected chi connectivity index (χ1v) is 11.6. The number of halogens is 2. The maximum Gasteiger partial charge on any atom is 0.259 e. The first-order chi connectivity index (χ1) is 13.5. The molecule has 2 heterocycles. The highest BCUT2D eigenvalue weighted by molar-refractivity contribution is 9.10. The highest BCUT2D eigenvalue weighted by Gasteiger charge is 2.21. The number of aromatic nitrogens is 2. The quantitative estimate of drug-likeness (QED) is 0.559. The molecular formula is C19H17BrFN3O2S2. The lowest BCUT2D eigenvalue weighted by atomic mass is 10.2. The highest BCUT2D eigenvalue weighted by Crippen LogP contribution is 2.34. The third-order valence-corrected chi connectivity index (χ3v) is 7.20. The lowest BCUT2D eigenvalue weighted by Gasteiger charge is -2.07. The van der Waals surface area contributed by atoms with Crippen LogP contribution in [-0.2, 0) is 29.9 Å². The van der Waals surface area contributed by atoms with E-state index in [9.17, 15) is 14.0 Å². The van der Waals surface area contributed by atoms with Gasteiger partial charge in [-0.3, -0.25) is 9.59 Å². The molecule has 2 N–H and O–H groups in total. The number of aryl methyl sites for hydroxylation is 2. The van der Waals surface area contributed by atoms with Crippen LogP contribution in [0.25, 0.3) is 10.2 Å². The Morgan fingerprint density at radius 1 is 1.39 bits per heavy atom. The zero-order valence-corrected chi connectivity index (χ0v) is 18.0. The summed E-state index contributed by atoms with van der Waals surface area (Å²) < 4.78 is 14.5. The number of thiophene rings is 1. The summed E-state index contributed by atoms with van der Waals surface area (Å²) in [5.74, 6) is 0.676. The van der Waals surface area contributed by atoms with E-state index in [0.717, 1.165) is 39.5 Å². The number of aromatic amines is 1. The second kappa shape index (κ2) is 8.34. The van der Waals surface area contributed by atoms with Crippen LogP contribution in [-0.4, -0.2) is 21.6 Å². The number of rotatable bonds is 6. The third-order valence-electron chi connectivity index (χ3n) is 4.58. The Kier molecular flexibility index (Phi) is 5.84. The molecule has 0 radical (unpaired) electrons. The van der Waals surface area contributed by atoms with Gasteiger partial charge in [-0.2, -0.15) is 0 Å². The second-order valence-electron chi connectivity index (χ2n) is 6.56. The van der Waals surface area contributed by atoms with Crippen LogP contribution in [0.4, 0.5) is 4.39 Å². The molecule has 1 aliphatic rings. The molecule has 9 heteroatoms. The Morgan fingerprint density at radius 2 is 2.25 bits per heavy atom. The summed E-state index contributed by atoms with van der Waals surface area (Å²) in [7, 11) is 0. The molecule has 0 atom stereocenters. The number of thioether (sulfide) groups is 1. The molecule has 0 bridgehead atoms. The number of nitrogens with zero attached hydrogens (tertiary/aromatic N) is 1. The second-order valence-corrected chi connectivity index (χ2v) is 9.54. The van der Waals surface area contributed by atoms with E-state index >= 15 is 0 Å². The minimum absolute atomic E-state index is 0.0884. The Hall–Kier alpha value is -1.71. The van der Waals surface area contributed by atoms with E-state index in [1.165, 1.54) is 22.7 Å². The fraction of sp³-hybridized carbons (Fsp3) is 0.316. The van der Waals surface area contributed by atoms with E-state index in [1.54, 1.807) is 23.5 Å². The van der Waals surface area contributed by atoms with Gasteiger partial charge in [0.25, 0.3) is 5.56 Å². The van der Waals surface area contributed by atoms with Crippen LogP contribution in [0.5, 0.6) is 0 Å². The predicted molar refractivity (Wildman–Crippen MR) is 114 cm³/mol. The van der Waals surface area contributed by atoms with Gasteiger partial charge in [-0.1, -0.05) is 15.9 Å². The monoisotopic (exact) mass is 481 g/mol. The Morgan fingerprint density at radius 3 is 3.11 bits per heavy atom. The Labute approximate surface area is 177 Å². The first kappa shape index (κ1) is 19.6. The molecule has 1 aromatic carbocycles. The van der Waals surface area contributed by atoms with Crippen LogP contribution in [0.15, 0.2) is 27.5 Å². The standard InChI is InChI=1S/C19H17BrFN3O2S2/c20-11-4-5-13(21)10(6-11)7-22-16(25)9-27-8-15-23-18(26)17-12-2-1-3-14(12)28-19(17)24-15/h4-6H,1-3,7-9H2,(H,22,25)(H,23,24,26). The molecular weight excluding hydrogens is 465 g/mol. The predicted octanol–water partition coefficient (Wildman–Crippen LogP) is 3.92. The van der Waals surface area contributed by atoms with Gasteiger partial charge in [-0.25, -0.2) is 9.37 Å². The molecule has 1 aliphatic carbocycles. The minimum atomic E-state index is -0.353. The average molecular weight is 482 g/mol. The molecule has 4 rings (SSSR count). The van der Waals surface area contributed by atoms with Crippen LogP contribution in [0, 0.1) is 5.82 Å². The summed E-state index contributed by atoms with van der Waals surface area (Å²) in [6.45, 7) is 0.131. The van der Waals surface area contributed by atoms with Crippen LogP contribution < -0.4 is 10.9 Å². The van der Waals surface area contributed by atoms with Crippen molar-refractivity contribution in [3.63, 3.8) is 0 Å². The summed E-state index contributed by atoms with van der Waals surface area (Å²) in [5.41, 5.74) is 1.50. The van der Waals surface area contributed by atoms with Crippen molar-refractivity contribution in [2.24, 2.45) is 0 Å². The summed E-state index contributed by atoms with van der Waals surface area (Å²) in [5, 5.41) is 3.45. The first-order valence-electron chi connectivity index (χ1n) is 8.83. The van der Waals surface area contributed by atoms with E-state index in [-0.39, 0.29) is 29.6 Å². The number of benzene rings is 1. The molecule has 0 spiro atoms. The molecule has 0 fully saturated rings. The zero-order chi connectivity index (χ0) is 19.7. The van der Waals surface area contributed by atoms with Crippen molar-refractivity contribution in [1.29, 1.82) is 0 Å². The van der Waals surface area contributed by atoms with Gasteiger partial charge in [-0.15, -0.1) is 23.1 Å². The van der Waals surface area contributed by atoms with Crippen LogP contribution in [0.1, 0.15) is 28.2 Å². The maximum absolute atomic E-state index is 13.7. The van der Waals surface area contributed by atoms with Crippen molar-refractivity contribution in [2.75, 3.05) is 5.75 Å². The number of nitrogens with one attached hydrogen (secondary N) is 2. The summed E-state index contributed by atoms with van der Waals surface area (Å²) >= 11 is 6.26. The smallest absolute Gasteiger partial charge is 0.259 e. The van der Waals surface area contributed by atoms with E-state index in [4.69, 9.17) is 0 Å². The van der Waals surface area contributed by atoms with E-state index in [0.29, 0.717) is 17.1 Å². The fourth-order valence-electron chi connectivity index (χ4n) is 3.28. The van der Waals surface area contributed by atoms with E-state index in [1.807, 2.05) is 0 Å². The van der Waals surface area contributed by atoms with Crippen LogP contribution in [0.3, 0.4) is 0 Å². The summed E-state index contributed by atoms with van der Waals surface area (Å²) in [6.07, 6.45) is 3.08. The van der Waals surface area contributed by atoms with Gasteiger partial charge in [0.1, 0.15) is 16.5 Å². The SMILES string of the molecule is O=C(CSCc1nc2sc3c(c2c(=O)[nH]1)CCC3)NCc1cc(Br)ccc1F. The lowest BCUT2D eigenvalue weighted by Crippen LogP contribution is -2.25. The van der Waals surface area contributed by atoms with Gasteiger partial charge < -0.3 is 10.3 Å². The van der Waals surface area contributed by atoms with Gasteiger partial charge in [0, 0.05) is 21.5 Å². The number of hydrogen-bond acceptors (Lipinski definition) is 5. The van der Waals surface area contributed by atoms with E-state index in [2.05, 4.69) is 31.2 Å². The van der Waals surface area contributed by atoms with Crippen molar-refractivity contribution in [3.8, 4) is 0 Å². The molecule has 1 amide bonds. The maximum atomic E-state index is 13.7. The van der Waals surface area contributed by atoms with Gasteiger partial charge in [0.05, 0.1) is 16.9 Å². The Balaban J connectivity index is 1.33. The van der Waals surface area contributed by atoms with Crippen LogP contribution >= 0.6 is 39.0 Å². The molecule has 3 aromatic rings. The normalized spacial score (nSPS) is 13.1. The number of hydrogen-bond donors (Lipinski definition) is 2. The largest absolute Gasteiger partial charge is 0.351 e. The molecule has 0 saturated heterocycles. The molecule has 5 nitrogen and oxygen atoms in total. The number of H-pyrrole nitrogens is 1. The van der Waals surface area contributed by atoms with E-state index < -0.39 is 0 Å². The molecule has 0 saturated carbocycles. The average Bonchev–Trinajstić information content (AvgIpc) is 3.23. The van der Waals surface area contributed by atoms with Crippen molar-refractivity contribution in [1.82, 2.24) is 15.3 Å². The van der Waals surface area contributed by atoms with Gasteiger partial charge in [-0.05, 0) is 43.0 Å². The van der Waals surface area contributed by atoms with Crippen molar-refractivity contribution >= 4 is 55.2 Å². The number of amides is 1. The highest BCUT2D eigenvalue weighted by atomic mass is 79.9. The van der Waals surface area contributed by atoms with Gasteiger partial charge in [0.15, 0.2) is 0 Å². The van der Waals surface area contributed by atoms with Gasteiger partial charge >= 0.3 is 0 Å². The number of fused-ring (bicyclic) bond motifs is 3. The van der Waals surface area contributed by atoms with Crippen molar-refractivity contribution in [2.45, 2.75) is 31.6 Å².